The van der Waals surface area contributed by atoms with Crippen molar-refractivity contribution in [2.45, 2.75) is 26.8 Å². The molecule has 1 aromatic carbocycles. The molecule has 0 aliphatic rings. The minimum Gasteiger partial charge on any atom is -0.357 e. The van der Waals surface area contributed by atoms with Crippen molar-refractivity contribution in [2.24, 2.45) is 4.99 Å². The van der Waals surface area contributed by atoms with Gasteiger partial charge in [0.1, 0.15) is 0 Å². The first kappa shape index (κ1) is 21.3. The summed E-state index contributed by atoms with van der Waals surface area (Å²) in [6, 6.07) is 6.66. The molecule has 1 aromatic heterocycles. The highest BCUT2D eigenvalue weighted by molar-refractivity contribution is 14.0. The first-order chi connectivity index (χ1) is 11.6. The van der Waals surface area contributed by atoms with Crippen LogP contribution in [-0.4, -0.2) is 29.0 Å². The summed E-state index contributed by atoms with van der Waals surface area (Å²) in [6.45, 7) is 5.69. The summed E-state index contributed by atoms with van der Waals surface area (Å²) in [5.74, 6) is 0.643. The van der Waals surface area contributed by atoms with Gasteiger partial charge in [-0.25, -0.2) is 9.98 Å². The third-order valence-electron chi connectivity index (χ3n) is 3.24. The fourth-order valence-electron chi connectivity index (χ4n) is 2.13. The van der Waals surface area contributed by atoms with E-state index in [1.54, 1.807) is 29.5 Å². The Morgan fingerprint density at radius 2 is 2.12 bits per heavy atom. The molecular weight excluding hydrogens is 453 g/mol. The highest BCUT2D eigenvalue weighted by Crippen LogP contribution is 2.18. The van der Waals surface area contributed by atoms with Crippen LogP contribution < -0.4 is 10.6 Å². The van der Waals surface area contributed by atoms with Crippen LogP contribution in [-0.2, 0) is 13.0 Å². The van der Waals surface area contributed by atoms with E-state index in [1.807, 2.05) is 20.0 Å². The van der Waals surface area contributed by atoms with Gasteiger partial charge < -0.3 is 10.6 Å². The molecule has 2 N–H and O–H groups in total. The number of aliphatic imine (C=N–C) groups is 1. The van der Waals surface area contributed by atoms with Crippen LogP contribution in [0.4, 0.5) is 5.69 Å². The van der Waals surface area contributed by atoms with Crippen molar-refractivity contribution in [3.05, 3.63) is 56.0 Å². The van der Waals surface area contributed by atoms with Gasteiger partial charge in [-0.05, 0) is 13.8 Å². The van der Waals surface area contributed by atoms with E-state index < -0.39 is 0 Å². The molecule has 0 atom stereocenters. The molecule has 1 heterocycles. The SMILES string of the molecule is CCNC(=NCc1ccccc1[N+](=O)[O-])NCCc1ncc(C)s1.I. The number of nitro groups is 1. The van der Waals surface area contributed by atoms with Crippen LogP contribution in [0.5, 0.6) is 0 Å². The Labute approximate surface area is 168 Å². The summed E-state index contributed by atoms with van der Waals surface area (Å²) >= 11 is 1.68. The minimum atomic E-state index is -0.379. The molecule has 0 saturated carbocycles. The molecule has 0 saturated heterocycles. The molecule has 0 unspecified atom stereocenters. The summed E-state index contributed by atoms with van der Waals surface area (Å²) in [6.07, 6.45) is 2.68. The van der Waals surface area contributed by atoms with Gasteiger partial charge in [0.15, 0.2) is 5.96 Å². The Balaban J connectivity index is 0.00000312. The molecule has 136 valence electrons. The number of hydrogen-bond acceptors (Lipinski definition) is 5. The third kappa shape index (κ3) is 6.94. The van der Waals surface area contributed by atoms with Gasteiger partial charge in [0.2, 0.25) is 0 Å². The summed E-state index contributed by atoms with van der Waals surface area (Å²) in [7, 11) is 0. The number of para-hydroxylation sites is 1. The van der Waals surface area contributed by atoms with E-state index in [1.165, 1.54) is 10.9 Å². The van der Waals surface area contributed by atoms with Crippen molar-refractivity contribution in [3.63, 3.8) is 0 Å². The molecule has 0 spiro atoms. The van der Waals surface area contributed by atoms with Crippen LogP contribution in [0.3, 0.4) is 0 Å². The number of aryl methyl sites for hydroxylation is 1. The predicted octanol–water partition coefficient (Wildman–Crippen LogP) is 3.28. The van der Waals surface area contributed by atoms with E-state index in [9.17, 15) is 10.1 Å². The third-order valence-corrected chi connectivity index (χ3v) is 4.21. The molecule has 0 bridgehead atoms. The number of benzene rings is 1. The van der Waals surface area contributed by atoms with Crippen LogP contribution in [0.1, 0.15) is 22.4 Å². The Kier molecular flexibility index (Phi) is 9.35. The van der Waals surface area contributed by atoms with Crippen molar-refractivity contribution >= 4 is 47.0 Å². The Morgan fingerprint density at radius 3 is 2.76 bits per heavy atom. The van der Waals surface area contributed by atoms with Gasteiger partial charge in [0, 0.05) is 36.7 Å². The van der Waals surface area contributed by atoms with Crippen LogP contribution in [0, 0.1) is 17.0 Å². The summed E-state index contributed by atoms with van der Waals surface area (Å²) in [5, 5.41) is 18.5. The summed E-state index contributed by atoms with van der Waals surface area (Å²) in [4.78, 5) is 20.6. The average Bonchev–Trinajstić information content (AvgIpc) is 2.98. The van der Waals surface area contributed by atoms with Gasteiger partial charge in [0.25, 0.3) is 5.69 Å². The van der Waals surface area contributed by atoms with Gasteiger partial charge >= 0.3 is 0 Å². The van der Waals surface area contributed by atoms with Crippen molar-refractivity contribution < 1.29 is 4.92 Å². The van der Waals surface area contributed by atoms with Crippen LogP contribution in [0.2, 0.25) is 0 Å². The lowest BCUT2D eigenvalue weighted by Crippen LogP contribution is -2.38. The fourth-order valence-corrected chi connectivity index (χ4v) is 2.92. The highest BCUT2D eigenvalue weighted by Gasteiger charge is 2.11. The van der Waals surface area contributed by atoms with E-state index in [2.05, 4.69) is 20.6 Å². The van der Waals surface area contributed by atoms with E-state index in [4.69, 9.17) is 0 Å². The number of nitrogens with zero attached hydrogens (tertiary/aromatic N) is 3. The zero-order valence-electron chi connectivity index (χ0n) is 14.2. The largest absolute Gasteiger partial charge is 0.357 e. The number of aromatic nitrogens is 1. The number of hydrogen-bond donors (Lipinski definition) is 2. The number of halogens is 1. The number of guanidine groups is 1. The second kappa shape index (κ2) is 11.0. The van der Waals surface area contributed by atoms with Crippen LogP contribution in [0.15, 0.2) is 35.5 Å². The molecule has 25 heavy (non-hydrogen) atoms. The van der Waals surface area contributed by atoms with Gasteiger partial charge in [-0.2, -0.15) is 0 Å². The number of nitrogens with one attached hydrogen (secondary N) is 2. The smallest absolute Gasteiger partial charge is 0.274 e. The van der Waals surface area contributed by atoms with Gasteiger partial charge in [-0.1, -0.05) is 18.2 Å². The first-order valence-electron chi connectivity index (χ1n) is 7.76. The second-order valence-electron chi connectivity index (χ2n) is 5.12. The minimum absolute atomic E-state index is 0. The number of nitro benzene ring substituents is 1. The molecule has 0 aliphatic heterocycles. The van der Waals surface area contributed by atoms with Crippen molar-refractivity contribution in [1.29, 1.82) is 0 Å². The van der Waals surface area contributed by atoms with Gasteiger partial charge in [0.05, 0.1) is 22.0 Å². The molecular formula is C16H22IN5O2S. The number of rotatable bonds is 7. The molecule has 0 aliphatic carbocycles. The first-order valence-corrected chi connectivity index (χ1v) is 8.57. The van der Waals surface area contributed by atoms with E-state index in [-0.39, 0.29) is 41.1 Å². The maximum Gasteiger partial charge on any atom is 0.274 e. The van der Waals surface area contributed by atoms with Crippen molar-refractivity contribution in [1.82, 2.24) is 15.6 Å². The Bertz CT molecular complexity index is 720. The zero-order valence-corrected chi connectivity index (χ0v) is 17.3. The summed E-state index contributed by atoms with van der Waals surface area (Å²) in [5.41, 5.74) is 0.686. The topological polar surface area (TPSA) is 92.5 Å². The van der Waals surface area contributed by atoms with E-state index in [0.717, 1.165) is 18.0 Å². The molecule has 0 amide bonds. The van der Waals surface area contributed by atoms with Crippen LogP contribution >= 0.6 is 35.3 Å². The predicted molar refractivity (Wildman–Crippen MR) is 112 cm³/mol. The standard InChI is InChI=1S/C16H21N5O2S.HI/c1-3-17-16(18-9-8-15-19-10-12(2)24-15)20-11-13-6-4-5-7-14(13)21(22)23;/h4-7,10H,3,8-9,11H2,1-2H3,(H2,17,18,20);1H. The highest BCUT2D eigenvalue weighted by atomic mass is 127. The molecule has 0 fully saturated rings. The van der Waals surface area contributed by atoms with E-state index in [0.29, 0.717) is 18.1 Å². The molecule has 2 aromatic rings. The lowest BCUT2D eigenvalue weighted by molar-refractivity contribution is -0.385. The Hall–Kier alpha value is -1.75. The monoisotopic (exact) mass is 475 g/mol. The quantitative estimate of drug-likeness (QED) is 0.211. The molecule has 2 rings (SSSR count). The maximum absolute atomic E-state index is 11.0. The normalized spacial score (nSPS) is 10.9. The zero-order chi connectivity index (χ0) is 17.4. The molecule has 9 heteroatoms. The maximum atomic E-state index is 11.0. The van der Waals surface area contributed by atoms with E-state index >= 15 is 0 Å². The lowest BCUT2D eigenvalue weighted by atomic mass is 10.2. The van der Waals surface area contributed by atoms with Crippen LogP contribution in [0.25, 0.3) is 0 Å². The fraction of sp³-hybridized carbons (Fsp3) is 0.375. The Morgan fingerprint density at radius 1 is 1.36 bits per heavy atom. The molecule has 7 nitrogen and oxygen atoms in total. The van der Waals surface area contributed by atoms with Crippen molar-refractivity contribution in [3.8, 4) is 0 Å². The molecule has 0 radical (unpaired) electrons. The van der Waals surface area contributed by atoms with Gasteiger partial charge in [-0.15, -0.1) is 35.3 Å². The lowest BCUT2D eigenvalue weighted by Gasteiger charge is -2.10. The average molecular weight is 475 g/mol. The number of thiazole rings is 1. The van der Waals surface area contributed by atoms with Crippen molar-refractivity contribution in [2.75, 3.05) is 13.1 Å². The summed E-state index contributed by atoms with van der Waals surface area (Å²) < 4.78 is 0. The second-order valence-corrected chi connectivity index (χ2v) is 6.44. The van der Waals surface area contributed by atoms with Gasteiger partial charge in [-0.3, -0.25) is 10.1 Å².